The average Bonchev–Trinajstić information content (AvgIpc) is 2.95. The number of amides is 1. The topological polar surface area (TPSA) is 88.3 Å². The van der Waals surface area contributed by atoms with E-state index < -0.39 is 0 Å². The molecule has 0 radical (unpaired) electrons. The summed E-state index contributed by atoms with van der Waals surface area (Å²) in [5.41, 5.74) is 0.575. The summed E-state index contributed by atoms with van der Waals surface area (Å²) in [7, 11) is 0. The highest BCUT2D eigenvalue weighted by atomic mass is 16.2. The molecule has 1 aliphatic heterocycles. The second-order valence-corrected chi connectivity index (χ2v) is 5.00. The second kappa shape index (κ2) is 5.40. The van der Waals surface area contributed by atoms with Crippen LogP contribution >= 0.6 is 0 Å². The molecule has 1 aliphatic rings. The molecule has 8 nitrogen and oxygen atoms in total. The molecule has 0 aliphatic carbocycles. The van der Waals surface area contributed by atoms with Gasteiger partial charge in [-0.25, -0.2) is 0 Å². The fourth-order valence-corrected chi connectivity index (χ4v) is 2.40. The van der Waals surface area contributed by atoms with Crippen LogP contribution < -0.4 is 5.32 Å². The monoisotopic (exact) mass is 275 g/mol. The summed E-state index contributed by atoms with van der Waals surface area (Å²) in [5.74, 6) is 0.700. The largest absolute Gasteiger partial charge is 0.357 e. The van der Waals surface area contributed by atoms with Crippen molar-refractivity contribution < 1.29 is 4.79 Å². The third-order valence-corrected chi connectivity index (χ3v) is 3.47. The summed E-state index contributed by atoms with van der Waals surface area (Å²) >= 11 is 0. The molecule has 0 saturated carbocycles. The normalized spacial score (nSPS) is 17.1. The predicted molar refractivity (Wildman–Crippen MR) is 72.1 cm³/mol. The Hall–Kier alpha value is -2.25. The number of likely N-dealkylation sites (tertiary alicyclic amines) is 1. The highest BCUT2D eigenvalue weighted by Crippen LogP contribution is 2.12. The molecule has 3 heterocycles. The molecular weight excluding hydrogens is 258 g/mol. The zero-order valence-corrected chi connectivity index (χ0v) is 11.4. The van der Waals surface area contributed by atoms with Gasteiger partial charge in [-0.3, -0.25) is 4.79 Å². The van der Waals surface area contributed by atoms with Crippen molar-refractivity contribution in [2.45, 2.75) is 32.2 Å². The number of anilines is 1. The van der Waals surface area contributed by atoms with Crippen LogP contribution in [0.25, 0.3) is 5.65 Å². The van der Waals surface area contributed by atoms with Crippen molar-refractivity contribution in [2.24, 2.45) is 0 Å². The number of nitrogens with zero attached hydrogens (tertiary/aromatic N) is 6. The summed E-state index contributed by atoms with van der Waals surface area (Å²) in [6.07, 6.45) is 3.39. The molecule has 0 bridgehead atoms. The van der Waals surface area contributed by atoms with E-state index in [2.05, 4.69) is 25.9 Å². The molecular formula is C12H17N7O. The lowest BCUT2D eigenvalue weighted by atomic mass is 10.1. The van der Waals surface area contributed by atoms with Crippen molar-refractivity contribution in [3.05, 3.63) is 12.1 Å². The number of carbonyl (C=O) groups excluding carboxylic acids is 1. The molecule has 2 aromatic heterocycles. The number of hydrogen-bond acceptors (Lipinski definition) is 6. The van der Waals surface area contributed by atoms with Crippen molar-refractivity contribution in [3.8, 4) is 0 Å². The zero-order chi connectivity index (χ0) is 13.9. The van der Waals surface area contributed by atoms with Crippen molar-refractivity contribution in [1.29, 1.82) is 0 Å². The molecule has 0 aromatic carbocycles. The lowest BCUT2D eigenvalue weighted by molar-refractivity contribution is -0.132. The van der Waals surface area contributed by atoms with Crippen LogP contribution in [0.5, 0.6) is 0 Å². The summed E-state index contributed by atoms with van der Waals surface area (Å²) < 4.78 is 1.33. The molecule has 1 N–H and O–H groups in total. The predicted octanol–water partition coefficient (Wildman–Crippen LogP) is 0.332. The van der Waals surface area contributed by atoms with Crippen LogP contribution in [0.15, 0.2) is 12.1 Å². The van der Waals surface area contributed by atoms with Crippen molar-refractivity contribution in [2.75, 3.05) is 18.4 Å². The van der Waals surface area contributed by atoms with E-state index in [1.165, 1.54) is 11.1 Å². The Balaban J connectivity index is 1.67. The minimum atomic E-state index is -0.311. The van der Waals surface area contributed by atoms with Gasteiger partial charge in [0, 0.05) is 13.1 Å². The van der Waals surface area contributed by atoms with Crippen LogP contribution in [0.1, 0.15) is 26.2 Å². The molecule has 1 atom stereocenters. The fourth-order valence-electron chi connectivity index (χ4n) is 2.40. The Morgan fingerprint density at radius 2 is 2.10 bits per heavy atom. The highest BCUT2D eigenvalue weighted by Gasteiger charge is 2.22. The second-order valence-electron chi connectivity index (χ2n) is 5.00. The Labute approximate surface area is 116 Å². The first kappa shape index (κ1) is 12.8. The van der Waals surface area contributed by atoms with Crippen LogP contribution in [0.2, 0.25) is 0 Å². The Morgan fingerprint density at radius 1 is 1.30 bits per heavy atom. The van der Waals surface area contributed by atoms with Crippen LogP contribution in [0.3, 0.4) is 0 Å². The lowest BCUT2D eigenvalue weighted by Gasteiger charge is -2.29. The smallest absolute Gasteiger partial charge is 0.244 e. The third-order valence-electron chi connectivity index (χ3n) is 3.47. The summed E-state index contributed by atoms with van der Waals surface area (Å²) in [6.45, 7) is 3.55. The Morgan fingerprint density at radius 3 is 2.90 bits per heavy atom. The molecule has 1 unspecified atom stereocenters. The summed E-state index contributed by atoms with van der Waals surface area (Å²) in [5, 5.41) is 18.3. The van der Waals surface area contributed by atoms with Gasteiger partial charge in [0.1, 0.15) is 11.9 Å². The molecule has 8 heteroatoms. The average molecular weight is 275 g/mol. The van der Waals surface area contributed by atoms with E-state index in [4.69, 9.17) is 0 Å². The number of aromatic nitrogens is 5. The minimum Gasteiger partial charge on any atom is -0.357 e. The van der Waals surface area contributed by atoms with Crippen molar-refractivity contribution in [1.82, 2.24) is 30.2 Å². The van der Waals surface area contributed by atoms with Gasteiger partial charge < -0.3 is 10.2 Å². The SMILES string of the molecule is CC(Nc1ccc2nnnn2n1)C(=O)N1CCCCC1. The number of tetrazole rings is 1. The van der Waals surface area contributed by atoms with Crippen LogP contribution in [0, 0.1) is 0 Å². The number of hydrogen-bond donors (Lipinski definition) is 1. The zero-order valence-electron chi connectivity index (χ0n) is 11.4. The molecule has 1 saturated heterocycles. The number of fused-ring (bicyclic) bond motifs is 1. The first-order valence-electron chi connectivity index (χ1n) is 6.85. The maximum absolute atomic E-state index is 12.3. The maximum Gasteiger partial charge on any atom is 0.244 e. The number of carbonyl (C=O) groups is 1. The van der Waals surface area contributed by atoms with E-state index in [1.54, 1.807) is 12.1 Å². The van der Waals surface area contributed by atoms with E-state index in [9.17, 15) is 4.79 Å². The molecule has 0 spiro atoms. The molecule has 20 heavy (non-hydrogen) atoms. The van der Waals surface area contributed by atoms with E-state index in [1.807, 2.05) is 11.8 Å². The number of rotatable bonds is 3. The Bertz CT molecular complexity index is 605. The van der Waals surface area contributed by atoms with Gasteiger partial charge in [-0.2, -0.15) is 0 Å². The van der Waals surface area contributed by atoms with E-state index in [0.717, 1.165) is 25.9 Å². The minimum absolute atomic E-state index is 0.114. The first-order chi connectivity index (χ1) is 9.74. The van der Waals surface area contributed by atoms with E-state index in [0.29, 0.717) is 11.5 Å². The fraction of sp³-hybridized carbons (Fsp3) is 0.583. The van der Waals surface area contributed by atoms with Gasteiger partial charge in [-0.1, -0.05) is 0 Å². The van der Waals surface area contributed by atoms with E-state index in [-0.39, 0.29) is 11.9 Å². The number of nitrogens with one attached hydrogen (secondary N) is 1. The van der Waals surface area contributed by atoms with Gasteiger partial charge in [0.05, 0.1) is 0 Å². The van der Waals surface area contributed by atoms with Gasteiger partial charge in [0.25, 0.3) is 0 Å². The molecule has 3 rings (SSSR count). The third kappa shape index (κ3) is 2.54. The van der Waals surface area contributed by atoms with Gasteiger partial charge in [0.15, 0.2) is 5.65 Å². The first-order valence-corrected chi connectivity index (χ1v) is 6.85. The van der Waals surface area contributed by atoms with Crippen molar-refractivity contribution in [3.63, 3.8) is 0 Å². The van der Waals surface area contributed by atoms with Gasteiger partial charge in [0.2, 0.25) is 5.91 Å². The lowest BCUT2D eigenvalue weighted by Crippen LogP contribution is -2.44. The van der Waals surface area contributed by atoms with Gasteiger partial charge in [-0.15, -0.1) is 14.8 Å². The maximum atomic E-state index is 12.3. The summed E-state index contributed by atoms with van der Waals surface area (Å²) in [6, 6.07) is 3.22. The van der Waals surface area contributed by atoms with Gasteiger partial charge >= 0.3 is 0 Å². The van der Waals surface area contributed by atoms with Crippen LogP contribution in [-0.2, 0) is 4.79 Å². The molecule has 1 amide bonds. The van der Waals surface area contributed by atoms with E-state index >= 15 is 0 Å². The van der Waals surface area contributed by atoms with Crippen LogP contribution in [0.4, 0.5) is 5.82 Å². The molecule has 1 fully saturated rings. The molecule has 106 valence electrons. The molecule has 2 aromatic rings. The standard InChI is InChI=1S/C12H17N7O/c1-9(12(20)18-7-3-2-4-8-18)13-10-5-6-11-14-16-17-19(11)15-10/h5-6,9H,2-4,7-8H2,1H3,(H,13,15). The number of piperidine rings is 1. The highest BCUT2D eigenvalue weighted by molar-refractivity contribution is 5.84. The van der Waals surface area contributed by atoms with Crippen LogP contribution in [-0.4, -0.2) is 55.2 Å². The van der Waals surface area contributed by atoms with Gasteiger partial charge in [-0.05, 0) is 48.7 Å². The Kier molecular flexibility index (Phi) is 3.44. The quantitative estimate of drug-likeness (QED) is 0.868. The summed E-state index contributed by atoms with van der Waals surface area (Å²) in [4.78, 5) is 14.2. The van der Waals surface area contributed by atoms with Crippen molar-refractivity contribution >= 4 is 17.4 Å².